The summed E-state index contributed by atoms with van der Waals surface area (Å²) in [7, 11) is 0. The standard InChI is InChI=1S/C20H20N4O3S/c1-3-27-19(26)15-10-6-7-11-16(15)21-17(25)12-28-20-22-18(23-24-20)14-9-5-4-8-13(14)2/h4-11H,3,12H2,1-2H3,(H,21,25)(H,22,23,24). The SMILES string of the molecule is CCOC(=O)c1ccccc1NC(=O)CSc1n[nH]c(-c2ccccc2C)n1. The van der Waals surface area contributed by atoms with Crippen molar-refractivity contribution in [1.82, 2.24) is 15.2 Å². The van der Waals surface area contributed by atoms with Crippen molar-refractivity contribution < 1.29 is 14.3 Å². The van der Waals surface area contributed by atoms with E-state index in [1.54, 1.807) is 31.2 Å². The van der Waals surface area contributed by atoms with Crippen LogP contribution in [0.5, 0.6) is 0 Å². The molecule has 0 radical (unpaired) electrons. The van der Waals surface area contributed by atoms with E-state index in [1.807, 2.05) is 31.2 Å². The molecular formula is C20H20N4O3S. The van der Waals surface area contributed by atoms with E-state index >= 15 is 0 Å². The molecule has 28 heavy (non-hydrogen) atoms. The van der Waals surface area contributed by atoms with E-state index in [9.17, 15) is 9.59 Å². The molecule has 0 spiro atoms. The van der Waals surface area contributed by atoms with Crippen LogP contribution in [0.3, 0.4) is 0 Å². The molecule has 0 atom stereocenters. The lowest BCUT2D eigenvalue weighted by Crippen LogP contribution is -2.17. The van der Waals surface area contributed by atoms with Crippen molar-refractivity contribution in [1.29, 1.82) is 0 Å². The van der Waals surface area contributed by atoms with Crippen molar-refractivity contribution in [2.24, 2.45) is 0 Å². The van der Waals surface area contributed by atoms with Gasteiger partial charge in [-0.3, -0.25) is 9.89 Å². The number of aromatic nitrogens is 3. The summed E-state index contributed by atoms with van der Waals surface area (Å²) in [6.45, 7) is 4.00. The van der Waals surface area contributed by atoms with Gasteiger partial charge in [0, 0.05) is 5.56 Å². The lowest BCUT2D eigenvalue weighted by atomic mass is 10.1. The second-order valence-electron chi connectivity index (χ2n) is 5.88. The number of amides is 1. The zero-order chi connectivity index (χ0) is 19.9. The molecule has 7 nitrogen and oxygen atoms in total. The minimum absolute atomic E-state index is 0.113. The van der Waals surface area contributed by atoms with Crippen LogP contribution in [0.1, 0.15) is 22.8 Å². The summed E-state index contributed by atoms with van der Waals surface area (Å²) in [6, 6.07) is 14.6. The monoisotopic (exact) mass is 396 g/mol. The maximum atomic E-state index is 12.3. The van der Waals surface area contributed by atoms with Crippen LogP contribution in [0.4, 0.5) is 5.69 Å². The van der Waals surface area contributed by atoms with Crippen LogP contribution in [-0.2, 0) is 9.53 Å². The second kappa shape index (κ2) is 9.18. The molecule has 2 aromatic carbocycles. The number of benzene rings is 2. The fourth-order valence-corrected chi connectivity index (χ4v) is 3.16. The van der Waals surface area contributed by atoms with Crippen LogP contribution in [0, 0.1) is 6.92 Å². The second-order valence-corrected chi connectivity index (χ2v) is 6.83. The van der Waals surface area contributed by atoms with E-state index in [-0.39, 0.29) is 18.3 Å². The maximum Gasteiger partial charge on any atom is 0.340 e. The van der Waals surface area contributed by atoms with E-state index in [2.05, 4.69) is 20.5 Å². The maximum absolute atomic E-state index is 12.3. The molecule has 1 aromatic heterocycles. The van der Waals surface area contributed by atoms with Crippen LogP contribution in [0.25, 0.3) is 11.4 Å². The Morgan fingerprint density at radius 3 is 2.68 bits per heavy atom. The normalized spacial score (nSPS) is 10.5. The Bertz CT molecular complexity index is 987. The van der Waals surface area contributed by atoms with Gasteiger partial charge in [0.1, 0.15) is 0 Å². The molecular weight excluding hydrogens is 376 g/mol. The average Bonchev–Trinajstić information content (AvgIpc) is 3.16. The van der Waals surface area contributed by atoms with Crippen molar-refractivity contribution in [2.45, 2.75) is 19.0 Å². The van der Waals surface area contributed by atoms with Gasteiger partial charge < -0.3 is 10.1 Å². The number of nitrogens with zero attached hydrogens (tertiary/aromatic N) is 2. The van der Waals surface area contributed by atoms with Gasteiger partial charge in [-0.1, -0.05) is 48.2 Å². The van der Waals surface area contributed by atoms with Crippen molar-refractivity contribution in [3.05, 3.63) is 59.7 Å². The number of carbonyl (C=O) groups excluding carboxylic acids is 2. The van der Waals surface area contributed by atoms with Crippen molar-refractivity contribution >= 4 is 29.3 Å². The van der Waals surface area contributed by atoms with Crippen molar-refractivity contribution in [3.8, 4) is 11.4 Å². The molecule has 0 aliphatic carbocycles. The van der Waals surface area contributed by atoms with Gasteiger partial charge in [0.2, 0.25) is 11.1 Å². The molecule has 0 bridgehead atoms. The van der Waals surface area contributed by atoms with Gasteiger partial charge in [0.25, 0.3) is 0 Å². The number of para-hydroxylation sites is 1. The summed E-state index contributed by atoms with van der Waals surface area (Å²) in [5, 5.41) is 10.3. The smallest absolute Gasteiger partial charge is 0.340 e. The van der Waals surface area contributed by atoms with E-state index in [1.165, 1.54) is 11.8 Å². The number of H-pyrrole nitrogens is 1. The highest BCUT2D eigenvalue weighted by molar-refractivity contribution is 7.99. The number of ether oxygens (including phenoxy) is 1. The predicted octanol–water partition coefficient (Wildman–Crippen LogP) is 3.69. The van der Waals surface area contributed by atoms with Gasteiger partial charge in [-0.05, 0) is 31.5 Å². The van der Waals surface area contributed by atoms with Crippen LogP contribution in [0.15, 0.2) is 53.7 Å². The first-order valence-corrected chi connectivity index (χ1v) is 9.74. The van der Waals surface area contributed by atoms with E-state index in [0.717, 1.165) is 11.1 Å². The van der Waals surface area contributed by atoms with Gasteiger partial charge in [-0.15, -0.1) is 5.10 Å². The highest BCUT2D eigenvalue weighted by Crippen LogP contribution is 2.22. The third-order valence-electron chi connectivity index (χ3n) is 3.89. The highest BCUT2D eigenvalue weighted by atomic mass is 32.2. The molecule has 0 fully saturated rings. The summed E-state index contributed by atoms with van der Waals surface area (Å²) in [5.41, 5.74) is 2.79. The van der Waals surface area contributed by atoms with Crippen LogP contribution >= 0.6 is 11.8 Å². The first-order valence-electron chi connectivity index (χ1n) is 8.75. The molecule has 8 heteroatoms. The Labute approximate surface area is 166 Å². The van der Waals surface area contributed by atoms with Gasteiger partial charge in [-0.2, -0.15) is 0 Å². The minimum atomic E-state index is -0.470. The first kappa shape index (κ1) is 19.6. The number of carbonyl (C=O) groups is 2. The fraction of sp³-hybridized carbons (Fsp3) is 0.200. The highest BCUT2D eigenvalue weighted by Gasteiger charge is 2.15. The number of hydrogen-bond acceptors (Lipinski definition) is 6. The average molecular weight is 396 g/mol. The van der Waals surface area contributed by atoms with Crippen LogP contribution in [-0.4, -0.2) is 39.4 Å². The molecule has 2 N–H and O–H groups in total. The number of esters is 1. The Morgan fingerprint density at radius 1 is 1.14 bits per heavy atom. The largest absolute Gasteiger partial charge is 0.462 e. The van der Waals surface area contributed by atoms with Crippen molar-refractivity contribution in [2.75, 3.05) is 17.7 Å². The third-order valence-corrected chi connectivity index (χ3v) is 4.74. The number of thioether (sulfide) groups is 1. The number of aromatic amines is 1. The fourth-order valence-electron chi connectivity index (χ4n) is 2.57. The Hall–Kier alpha value is -3.13. The van der Waals surface area contributed by atoms with Gasteiger partial charge >= 0.3 is 5.97 Å². The topological polar surface area (TPSA) is 97.0 Å². The minimum Gasteiger partial charge on any atom is -0.462 e. The van der Waals surface area contributed by atoms with E-state index in [0.29, 0.717) is 22.2 Å². The number of anilines is 1. The van der Waals surface area contributed by atoms with Gasteiger partial charge in [-0.25, -0.2) is 9.78 Å². The molecule has 3 rings (SSSR count). The zero-order valence-corrected chi connectivity index (χ0v) is 16.4. The zero-order valence-electron chi connectivity index (χ0n) is 15.6. The number of nitrogens with one attached hydrogen (secondary N) is 2. The number of rotatable bonds is 7. The third kappa shape index (κ3) is 4.77. The summed E-state index contributed by atoms with van der Waals surface area (Å²) < 4.78 is 5.01. The lowest BCUT2D eigenvalue weighted by molar-refractivity contribution is -0.113. The molecule has 0 unspecified atom stereocenters. The van der Waals surface area contributed by atoms with Crippen LogP contribution < -0.4 is 5.32 Å². The number of hydrogen-bond donors (Lipinski definition) is 2. The predicted molar refractivity (Wildman–Crippen MR) is 108 cm³/mol. The molecule has 0 saturated carbocycles. The molecule has 0 aliphatic rings. The quantitative estimate of drug-likeness (QED) is 0.467. The summed E-state index contributed by atoms with van der Waals surface area (Å²) in [6.07, 6.45) is 0. The summed E-state index contributed by atoms with van der Waals surface area (Å²) >= 11 is 1.21. The Balaban J connectivity index is 1.62. The van der Waals surface area contributed by atoms with E-state index in [4.69, 9.17) is 4.74 Å². The molecule has 0 aliphatic heterocycles. The molecule has 0 saturated heterocycles. The summed E-state index contributed by atoms with van der Waals surface area (Å²) in [5.74, 6) is 0.0444. The van der Waals surface area contributed by atoms with Gasteiger partial charge in [0.05, 0.1) is 23.6 Å². The molecule has 144 valence electrons. The molecule has 3 aromatic rings. The lowest BCUT2D eigenvalue weighted by Gasteiger charge is -2.09. The Morgan fingerprint density at radius 2 is 1.89 bits per heavy atom. The van der Waals surface area contributed by atoms with Crippen molar-refractivity contribution in [3.63, 3.8) is 0 Å². The first-order chi connectivity index (χ1) is 13.6. The van der Waals surface area contributed by atoms with E-state index < -0.39 is 5.97 Å². The molecule has 1 heterocycles. The summed E-state index contributed by atoms with van der Waals surface area (Å²) in [4.78, 5) is 28.7. The van der Waals surface area contributed by atoms with Crippen LogP contribution in [0.2, 0.25) is 0 Å². The molecule has 1 amide bonds. The van der Waals surface area contributed by atoms with Gasteiger partial charge in [0.15, 0.2) is 5.82 Å². The number of aryl methyl sites for hydroxylation is 1. The Kier molecular flexibility index (Phi) is 6.44.